The normalized spacial score (nSPS) is 10.2. The first-order chi connectivity index (χ1) is 14.5. The number of rotatable bonds is 7. The molecule has 0 bridgehead atoms. The van der Waals surface area contributed by atoms with Gasteiger partial charge in [0.15, 0.2) is 23.1 Å². The van der Waals surface area contributed by atoms with E-state index in [1.54, 1.807) is 0 Å². The number of ether oxygens (including phenoxy) is 3. The zero-order chi connectivity index (χ0) is 21.5. The number of halogens is 2. The first-order valence-electron chi connectivity index (χ1n) is 8.63. The molecule has 2 aromatic carbocycles. The maximum absolute atomic E-state index is 14.1. The van der Waals surface area contributed by atoms with E-state index in [4.69, 9.17) is 16.0 Å². The molecule has 0 aliphatic heterocycles. The Kier molecular flexibility index (Phi) is 6.49. The Morgan fingerprint density at radius 3 is 2.67 bits per heavy atom. The van der Waals surface area contributed by atoms with Crippen LogP contribution in [0.1, 0.15) is 11.4 Å². The van der Waals surface area contributed by atoms with Crippen LogP contribution in [0.15, 0.2) is 48.7 Å². The molecule has 0 spiro atoms. The summed E-state index contributed by atoms with van der Waals surface area (Å²) >= 11 is 0. The molecule has 152 valence electrons. The number of carbonyl (C=O) groups excluding carboxylic acids is 1. The Morgan fingerprint density at radius 1 is 1.13 bits per heavy atom. The third-order valence-corrected chi connectivity index (χ3v) is 3.89. The summed E-state index contributed by atoms with van der Waals surface area (Å²) in [5.41, 5.74) is 0.341. The minimum absolute atomic E-state index is 0.0411. The monoisotopic (exact) mass is 411 g/mol. The van der Waals surface area contributed by atoms with Gasteiger partial charge in [0.2, 0.25) is 5.88 Å². The van der Waals surface area contributed by atoms with Gasteiger partial charge >= 0.3 is 5.97 Å². The van der Waals surface area contributed by atoms with Crippen LogP contribution in [0.25, 0.3) is 4.85 Å². The molecule has 1 heterocycles. The van der Waals surface area contributed by atoms with Gasteiger partial charge in [0.1, 0.15) is 18.2 Å². The van der Waals surface area contributed by atoms with Crippen molar-refractivity contribution >= 4 is 11.7 Å². The van der Waals surface area contributed by atoms with E-state index in [2.05, 4.69) is 19.5 Å². The molecule has 0 aliphatic rings. The average Bonchev–Trinajstić information content (AvgIpc) is 2.75. The molecule has 0 saturated carbocycles. The number of carbonyl (C=O) groups is 1. The smallest absolute Gasteiger partial charge is 0.310 e. The summed E-state index contributed by atoms with van der Waals surface area (Å²) in [5, 5.41) is 0. The Labute approximate surface area is 170 Å². The molecule has 0 fully saturated rings. The first kappa shape index (κ1) is 20.7. The summed E-state index contributed by atoms with van der Waals surface area (Å²) in [6.45, 7) is 6.73. The topological polar surface area (TPSA) is 74.9 Å². The lowest BCUT2D eigenvalue weighted by molar-refractivity contribution is -0.139. The zero-order valence-electron chi connectivity index (χ0n) is 15.8. The fraction of sp³-hybridized carbons (Fsp3) is 0.143. The van der Waals surface area contributed by atoms with Crippen molar-refractivity contribution in [1.82, 2.24) is 9.97 Å². The molecule has 0 N–H and O–H groups in total. The minimum Gasteiger partial charge on any atom is -0.483 e. The van der Waals surface area contributed by atoms with Gasteiger partial charge in [0.05, 0.1) is 20.1 Å². The zero-order valence-corrected chi connectivity index (χ0v) is 15.8. The summed E-state index contributed by atoms with van der Waals surface area (Å²) in [4.78, 5) is 22.6. The summed E-state index contributed by atoms with van der Waals surface area (Å²) in [5.74, 6) is -1.36. The highest BCUT2D eigenvalue weighted by Gasteiger charge is 2.11. The summed E-state index contributed by atoms with van der Waals surface area (Å²) in [7, 11) is 1.23. The molecule has 1 aromatic heterocycles. The minimum atomic E-state index is -0.668. The third kappa shape index (κ3) is 5.26. The molecule has 0 radical (unpaired) electrons. The van der Waals surface area contributed by atoms with Crippen LogP contribution in [0.5, 0.6) is 17.4 Å². The second kappa shape index (κ2) is 9.43. The number of benzene rings is 2. The molecule has 0 amide bonds. The van der Waals surface area contributed by atoms with E-state index in [1.807, 2.05) is 0 Å². The lowest BCUT2D eigenvalue weighted by Gasteiger charge is -2.09. The van der Waals surface area contributed by atoms with Crippen LogP contribution in [0.2, 0.25) is 0 Å². The molecule has 0 atom stereocenters. The van der Waals surface area contributed by atoms with Crippen molar-refractivity contribution in [2.45, 2.75) is 13.0 Å². The third-order valence-electron chi connectivity index (χ3n) is 3.89. The molecule has 0 aliphatic carbocycles. The Morgan fingerprint density at radius 2 is 1.97 bits per heavy atom. The fourth-order valence-corrected chi connectivity index (χ4v) is 2.41. The Hall–Kier alpha value is -4.06. The summed E-state index contributed by atoms with van der Waals surface area (Å²) in [6.07, 6.45) is 1.23. The first-order valence-corrected chi connectivity index (χ1v) is 8.63. The molecule has 0 unspecified atom stereocenters. The molecule has 9 heteroatoms. The van der Waals surface area contributed by atoms with Crippen molar-refractivity contribution in [2.75, 3.05) is 7.11 Å². The van der Waals surface area contributed by atoms with E-state index >= 15 is 0 Å². The lowest BCUT2D eigenvalue weighted by Crippen LogP contribution is -2.06. The maximum Gasteiger partial charge on any atom is 0.310 e. The van der Waals surface area contributed by atoms with E-state index in [0.717, 1.165) is 12.1 Å². The van der Waals surface area contributed by atoms with Crippen molar-refractivity contribution in [3.05, 3.63) is 83.1 Å². The van der Waals surface area contributed by atoms with E-state index in [1.165, 1.54) is 43.6 Å². The van der Waals surface area contributed by atoms with E-state index in [9.17, 15) is 13.6 Å². The summed E-state index contributed by atoms with van der Waals surface area (Å²) < 4.78 is 43.4. The highest BCUT2D eigenvalue weighted by Crippen LogP contribution is 2.25. The van der Waals surface area contributed by atoms with E-state index in [0.29, 0.717) is 0 Å². The van der Waals surface area contributed by atoms with Crippen LogP contribution >= 0.6 is 0 Å². The lowest BCUT2D eigenvalue weighted by atomic mass is 10.1. The second-order valence-corrected chi connectivity index (χ2v) is 5.93. The Bertz CT molecular complexity index is 1120. The highest BCUT2D eigenvalue weighted by molar-refractivity contribution is 5.72. The standard InChI is InChI=1S/C21H15F2N3O4/c1-24-14-4-6-18(17(23)10-14)29-12-19-25-8-7-20(26-19)30-15-5-3-13(16(22)11-15)9-21(27)28-2/h3-8,10-11H,9,12H2,2H3. The molecule has 0 saturated heterocycles. The predicted molar refractivity (Wildman–Crippen MR) is 101 cm³/mol. The van der Waals surface area contributed by atoms with Gasteiger partial charge in [0, 0.05) is 18.3 Å². The number of esters is 1. The Balaban J connectivity index is 1.66. The fourth-order valence-electron chi connectivity index (χ4n) is 2.41. The van der Waals surface area contributed by atoms with Crippen molar-refractivity contribution in [1.29, 1.82) is 0 Å². The van der Waals surface area contributed by atoms with Crippen LogP contribution in [-0.2, 0) is 22.6 Å². The molecule has 3 rings (SSSR count). The number of hydrogen-bond acceptors (Lipinski definition) is 6. The summed E-state index contributed by atoms with van der Waals surface area (Å²) in [6, 6.07) is 9.36. The van der Waals surface area contributed by atoms with Gasteiger partial charge in [-0.2, -0.15) is 4.98 Å². The molecule has 7 nitrogen and oxygen atoms in total. The van der Waals surface area contributed by atoms with Crippen LogP contribution < -0.4 is 9.47 Å². The van der Waals surface area contributed by atoms with E-state index in [-0.39, 0.29) is 47.5 Å². The number of hydrogen-bond donors (Lipinski definition) is 0. The quantitative estimate of drug-likeness (QED) is 0.424. The van der Waals surface area contributed by atoms with Crippen molar-refractivity contribution < 1.29 is 27.8 Å². The highest BCUT2D eigenvalue weighted by atomic mass is 19.1. The second-order valence-electron chi connectivity index (χ2n) is 5.93. The number of aromatic nitrogens is 2. The van der Waals surface area contributed by atoms with Gasteiger partial charge in [-0.05, 0) is 23.8 Å². The molecular formula is C21H15F2N3O4. The predicted octanol–water partition coefficient (Wildman–Crippen LogP) is 4.39. The molecule has 30 heavy (non-hydrogen) atoms. The number of methoxy groups -OCH3 is 1. The molecule has 3 aromatic rings. The van der Waals surface area contributed by atoms with Gasteiger partial charge in [-0.3, -0.25) is 4.79 Å². The van der Waals surface area contributed by atoms with Gasteiger partial charge in [-0.15, -0.1) is 0 Å². The van der Waals surface area contributed by atoms with Crippen LogP contribution in [0, 0.1) is 18.2 Å². The molecular weight excluding hydrogens is 396 g/mol. The van der Waals surface area contributed by atoms with Gasteiger partial charge < -0.3 is 14.2 Å². The van der Waals surface area contributed by atoms with E-state index < -0.39 is 17.6 Å². The van der Waals surface area contributed by atoms with Crippen molar-refractivity contribution in [3.63, 3.8) is 0 Å². The van der Waals surface area contributed by atoms with Crippen LogP contribution in [0.4, 0.5) is 14.5 Å². The largest absolute Gasteiger partial charge is 0.483 e. The van der Waals surface area contributed by atoms with Crippen LogP contribution in [-0.4, -0.2) is 23.0 Å². The SMILES string of the molecule is [C-]#[N+]c1ccc(OCc2nccc(Oc3ccc(CC(=O)OC)c(F)c3)n2)c(F)c1. The van der Waals surface area contributed by atoms with Gasteiger partial charge in [-0.1, -0.05) is 12.1 Å². The van der Waals surface area contributed by atoms with Crippen molar-refractivity contribution in [2.24, 2.45) is 0 Å². The van der Waals surface area contributed by atoms with Gasteiger partial charge in [0.25, 0.3) is 0 Å². The van der Waals surface area contributed by atoms with Crippen LogP contribution in [0.3, 0.4) is 0 Å². The van der Waals surface area contributed by atoms with Gasteiger partial charge in [-0.25, -0.2) is 18.6 Å². The number of nitrogens with zero attached hydrogens (tertiary/aromatic N) is 3. The maximum atomic E-state index is 14.1. The van der Waals surface area contributed by atoms with Crippen molar-refractivity contribution in [3.8, 4) is 17.4 Å². The average molecular weight is 411 g/mol.